The Labute approximate surface area is 107 Å². The van der Waals surface area contributed by atoms with Crippen molar-refractivity contribution in [1.82, 2.24) is 5.32 Å². The molecule has 100 valence electrons. The number of hydrogen-bond donors (Lipinski definition) is 2. The molecule has 18 heavy (non-hydrogen) atoms. The van der Waals surface area contributed by atoms with Crippen molar-refractivity contribution >= 4 is 5.69 Å². The first-order chi connectivity index (χ1) is 8.61. The van der Waals surface area contributed by atoms with Crippen LogP contribution in [0.5, 0.6) is 0 Å². The molecule has 0 fully saturated rings. The molecule has 0 aliphatic heterocycles. The van der Waals surface area contributed by atoms with Crippen molar-refractivity contribution in [2.75, 3.05) is 13.1 Å². The molecule has 1 unspecified atom stereocenters. The summed E-state index contributed by atoms with van der Waals surface area (Å²) in [5.41, 5.74) is 0.939. The van der Waals surface area contributed by atoms with E-state index in [0.717, 1.165) is 24.9 Å². The molecule has 2 N–H and O–H groups in total. The Hall–Kier alpha value is -1.46. The SMILES string of the molecule is CC(O)CCCNCCc1ccccc1[N+](=O)[O-]. The lowest BCUT2D eigenvalue weighted by Crippen LogP contribution is -2.19. The molecule has 1 aromatic carbocycles. The monoisotopic (exact) mass is 252 g/mol. The van der Waals surface area contributed by atoms with Gasteiger partial charge >= 0.3 is 0 Å². The zero-order valence-electron chi connectivity index (χ0n) is 10.6. The fourth-order valence-corrected chi connectivity index (χ4v) is 1.77. The van der Waals surface area contributed by atoms with Gasteiger partial charge in [-0.1, -0.05) is 18.2 Å². The lowest BCUT2D eigenvalue weighted by Gasteiger charge is -2.06. The van der Waals surface area contributed by atoms with E-state index >= 15 is 0 Å². The van der Waals surface area contributed by atoms with E-state index in [4.69, 9.17) is 5.11 Å². The molecule has 0 amide bonds. The maximum atomic E-state index is 10.8. The van der Waals surface area contributed by atoms with Crippen LogP contribution in [-0.2, 0) is 6.42 Å². The molecule has 0 saturated heterocycles. The van der Waals surface area contributed by atoms with E-state index in [2.05, 4.69) is 5.32 Å². The zero-order chi connectivity index (χ0) is 13.4. The smallest absolute Gasteiger partial charge is 0.272 e. The first-order valence-electron chi connectivity index (χ1n) is 6.22. The van der Waals surface area contributed by atoms with Crippen LogP contribution in [-0.4, -0.2) is 29.2 Å². The van der Waals surface area contributed by atoms with Crippen molar-refractivity contribution in [3.63, 3.8) is 0 Å². The molecule has 0 aliphatic rings. The molecule has 0 aromatic heterocycles. The van der Waals surface area contributed by atoms with E-state index < -0.39 is 0 Å². The van der Waals surface area contributed by atoms with Gasteiger partial charge in [-0.25, -0.2) is 0 Å². The van der Waals surface area contributed by atoms with Crippen molar-refractivity contribution in [2.45, 2.75) is 32.3 Å². The minimum Gasteiger partial charge on any atom is -0.393 e. The number of nitrogens with zero attached hydrogens (tertiary/aromatic N) is 1. The first kappa shape index (κ1) is 14.6. The first-order valence-corrected chi connectivity index (χ1v) is 6.22. The van der Waals surface area contributed by atoms with Gasteiger partial charge in [0.05, 0.1) is 11.0 Å². The molecule has 0 bridgehead atoms. The average molecular weight is 252 g/mol. The van der Waals surface area contributed by atoms with Gasteiger partial charge in [0.25, 0.3) is 5.69 Å². The molecule has 0 aliphatic carbocycles. The lowest BCUT2D eigenvalue weighted by molar-refractivity contribution is -0.385. The summed E-state index contributed by atoms with van der Waals surface area (Å²) in [5, 5.41) is 23.1. The summed E-state index contributed by atoms with van der Waals surface area (Å²) in [6.45, 7) is 3.31. The summed E-state index contributed by atoms with van der Waals surface area (Å²) in [6, 6.07) is 6.81. The molecule has 0 radical (unpaired) electrons. The number of rotatable bonds is 8. The summed E-state index contributed by atoms with van der Waals surface area (Å²) in [6.07, 6.45) is 2.07. The van der Waals surface area contributed by atoms with Crippen LogP contribution in [0.4, 0.5) is 5.69 Å². The van der Waals surface area contributed by atoms with Gasteiger partial charge in [0.1, 0.15) is 0 Å². The molecule has 0 heterocycles. The fourth-order valence-electron chi connectivity index (χ4n) is 1.77. The van der Waals surface area contributed by atoms with E-state index in [9.17, 15) is 10.1 Å². The number of hydrogen-bond acceptors (Lipinski definition) is 4. The van der Waals surface area contributed by atoms with Gasteiger partial charge in [-0.15, -0.1) is 0 Å². The second-order valence-electron chi connectivity index (χ2n) is 4.38. The van der Waals surface area contributed by atoms with Crippen molar-refractivity contribution in [1.29, 1.82) is 0 Å². The minimum atomic E-state index is -0.344. The summed E-state index contributed by atoms with van der Waals surface area (Å²) < 4.78 is 0. The quantitative estimate of drug-likeness (QED) is 0.421. The number of nitro benzene ring substituents is 1. The van der Waals surface area contributed by atoms with Crippen LogP contribution in [0.15, 0.2) is 24.3 Å². The molecule has 1 atom stereocenters. The third-order valence-corrected chi connectivity index (χ3v) is 2.73. The van der Waals surface area contributed by atoms with Gasteiger partial charge in [0.15, 0.2) is 0 Å². The lowest BCUT2D eigenvalue weighted by atomic mass is 10.1. The largest absolute Gasteiger partial charge is 0.393 e. The molecule has 1 aromatic rings. The molecular formula is C13H20N2O3. The number of para-hydroxylation sites is 1. The highest BCUT2D eigenvalue weighted by molar-refractivity contribution is 5.39. The fraction of sp³-hybridized carbons (Fsp3) is 0.538. The van der Waals surface area contributed by atoms with Crippen LogP contribution in [0.3, 0.4) is 0 Å². The van der Waals surface area contributed by atoms with Crippen LogP contribution in [0.1, 0.15) is 25.3 Å². The van der Waals surface area contributed by atoms with Crippen LogP contribution in [0.25, 0.3) is 0 Å². The van der Waals surface area contributed by atoms with Gasteiger partial charge in [-0.3, -0.25) is 10.1 Å². The molecule has 0 saturated carbocycles. The van der Waals surface area contributed by atoms with Crippen LogP contribution in [0, 0.1) is 10.1 Å². The molecule has 0 spiro atoms. The Kier molecular flexibility index (Phi) is 6.32. The predicted molar refractivity (Wildman–Crippen MR) is 70.6 cm³/mol. The van der Waals surface area contributed by atoms with Crippen molar-refractivity contribution in [3.05, 3.63) is 39.9 Å². The highest BCUT2D eigenvalue weighted by Gasteiger charge is 2.11. The zero-order valence-corrected chi connectivity index (χ0v) is 10.6. The van der Waals surface area contributed by atoms with Crippen LogP contribution < -0.4 is 5.32 Å². The van der Waals surface area contributed by atoms with Gasteiger partial charge in [0.2, 0.25) is 0 Å². The Bertz CT molecular complexity index is 380. The Morgan fingerprint density at radius 1 is 1.39 bits per heavy atom. The average Bonchev–Trinajstić information content (AvgIpc) is 2.33. The standard InChI is InChI=1S/C13H20N2O3/c1-11(16)5-4-9-14-10-8-12-6-2-3-7-13(12)15(17)18/h2-3,6-7,11,14,16H,4-5,8-10H2,1H3. The number of aliphatic hydroxyl groups excluding tert-OH is 1. The Balaban J connectivity index is 2.29. The second-order valence-corrected chi connectivity index (χ2v) is 4.38. The van der Waals surface area contributed by atoms with Crippen molar-refractivity contribution in [3.8, 4) is 0 Å². The normalized spacial score (nSPS) is 12.3. The highest BCUT2D eigenvalue weighted by Crippen LogP contribution is 2.17. The van der Waals surface area contributed by atoms with Gasteiger partial charge < -0.3 is 10.4 Å². The summed E-state index contributed by atoms with van der Waals surface area (Å²) in [7, 11) is 0. The number of aliphatic hydroxyl groups is 1. The molecule has 5 nitrogen and oxygen atoms in total. The molecular weight excluding hydrogens is 232 g/mol. The third-order valence-electron chi connectivity index (χ3n) is 2.73. The van der Waals surface area contributed by atoms with Crippen LogP contribution in [0.2, 0.25) is 0 Å². The minimum absolute atomic E-state index is 0.184. The summed E-state index contributed by atoms with van der Waals surface area (Å²) in [4.78, 5) is 10.4. The number of nitro groups is 1. The third kappa shape index (κ3) is 5.25. The van der Waals surface area contributed by atoms with E-state index in [0.29, 0.717) is 13.0 Å². The Morgan fingerprint density at radius 3 is 2.78 bits per heavy atom. The van der Waals surface area contributed by atoms with Crippen molar-refractivity contribution in [2.24, 2.45) is 0 Å². The van der Waals surface area contributed by atoms with E-state index in [-0.39, 0.29) is 16.7 Å². The highest BCUT2D eigenvalue weighted by atomic mass is 16.6. The Morgan fingerprint density at radius 2 is 2.11 bits per heavy atom. The van der Waals surface area contributed by atoms with Crippen LogP contribution >= 0.6 is 0 Å². The summed E-state index contributed by atoms with van der Waals surface area (Å²) >= 11 is 0. The van der Waals surface area contributed by atoms with E-state index in [1.54, 1.807) is 19.1 Å². The summed E-state index contributed by atoms with van der Waals surface area (Å²) in [5.74, 6) is 0. The maximum Gasteiger partial charge on any atom is 0.272 e. The van der Waals surface area contributed by atoms with Crippen molar-refractivity contribution < 1.29 is 10.0 Å². The second kappa shape index (κ2) is 7.79. The van der Waals surface area contributed by atoms with Gasteiger partial charge in [-0.05, 0) is 39.3 Å². The predicted octanol–water partition coefficient (Wildman–Crippen LogP) is 1.89. The number of nitrogens with one attached hydrogen (secondary N) is 1. The molecule has 1 rings (SSSR count). The van der Waals surface area contributed by atoms with E-state index in [1.165, 1.54) is 6.07 Å². The molecule has 5 heteroatoms. The van der Waals surface area contributed by atoms with Gasteiger partial charge in [0, 0.05) is 11.6 Å². The van der Waals surface area contributed by atoms with E-state index in [1.807, 2.05) is 6.07 Å². The number of benzene rings is 1. The topological polar surface area (TPSA) is 75.4 Å². The van der Waals surface area contributed by atoms with Gasteiger partial charge in [-0.2, -0.15) is 0 Å². The maximum absolute atomic E-state index is 10.8.